The standard InChI is InChI=1S/C18H19N3O3S2/c1-23-6-5-19-17-20-21-18(26-17)25-10-13-9-16(22)24-15-8-12-4-2-3-11(12)7-14(13)15/h7-9H,2-6,10H2,1H3,(H,19,20). The van der Waals surface area contributed by atoms with Crippen LogP contribution in [-0.2, 0) is 23.3 Å². The zero-order chi connectivity index (χ0) is 17.9. The van der Waals surface area contributed by atoms with Crippen LogP contribution in [0.5, 0.6) is 0 Å². The highest BCUT2D eigenvalue weighted by Gasteiger charge is 2.15. The smallest absolute Gasteiger partial charge is 0.336 e. The van der Waals surface area contributed by atoms with Crippen LogP contribution in [0.2, 0.25) is 0 Å². The van der Waals surface area contributed by atoms with Gasteiger partial charge in [0, 0.05) is 30.9 Å². The SMILES string of the molecule is COCCNc1nnc(SCc2cc(=O)oc3cc4c(cc23)CCC4)s1. The minimum Gasteiger partial charge on any atom is -0.423 e. The molecule has 1 aliphatic rings. The molecule has 0 bridgehead atoms. The molecule has 0 radical (unpaired) electrons. The predicted octanol–water partition coefficient (Wildman–Crippen LogP) is 3.48. The summed E-state index contributed by atoms with van der Waals surface area (Å²) in [5, 5.41) is 13.3. The van der Waals surface area contributed by atoms with Crippen LogP contribution in [0.25, 0.3) is 11.0 Å². The molecule has 8 heteroatoms. The Kier molecular flexibility index (Phi) is 5.23. The molecule has 0 unspecified atom stereocenters. The van der Waals surface area contributed by atoms with Gasteiger partial charge in [0.2, 0.25) is 5.13 Å². The van der Waals surface area contributed by atoms with Crippen molar-refractivity contribution >= 4 is 39.2 Å². The second-order valence-electron chi connectivity index (χ2n) is 6.14. The average Bonchev–Trinajstić information content (AvgIpc) is 3.27. The molecule has 136 valence electrons. The molecule has 0 atom stereocenters. The maximum Gasteiger partial charge on any atom is 0.336 e. The minimum atomic E-state index is -0.301. The van der Waals surface area contributed by atoms with Crippen molar-refractivity contribution in [2.24, 2.45) is 0 Å². The molecular formula is C18H19N3O3S2. The van der Waals surface area contributed by atoms with Crippen LogP contribution in [0, 0.1) is 0 Å². The van der Waals surface area contributed by atoms with E-state index in [1.54, 1.807) is 24.9 Å². The Morgan fingerprint density at radius 2 is 2.12 bits per heavy atom. The van der Waals surface area contributed by atoms with Crippen molar-refractivity contribution in [2.45, 2.75) is 29.4 Å². The van der Waals surface area contributed by atoms with Gasteiger partial charge in [0.05, 0.1) is 6.61 Å². The van der Waals surface area contributed by atoms with Crippen LogP contribution in [0.15, 0.2) is 31.8 Å². The number of nitrogens with zero attached hydrogens (tertiary/aromatic N) is 2. The molecule has 2 aromatic heterocycles. The minimum absolute atomic E-state index is 0.301. The van der Waals surface area contributed by atoms with E-state index in [9.17, 15) is 4.79 Å². The van der Waals surface area contributed by atoms with Gasteiger partial charge in [-0.3, -0.25) is 0 Å². The van der Waals surface area contributed by atoms with Crippen molar-refractivity contribution in [1.29, 1.82) is 0 Å². The van der Waals surface area contributed by atoms with Crippen molar-refractivity contribution in [2.75, 3.05) is 25.6 Å². The van der Waals surface area contributed by atoms with Crippen molar-refractivity contribution < 1.29 is 9.15 Å². The van der Waals surface area contributed by atoms with Gasteiger partial charge in [-0.1, -0.05) is 23.1 Å². The molecule has 0 amide bonds. The summed E-state index contributed by atoms with van der Waals surface area (Å²) in [6, 6.07) is 5.82. The highest BCUT2D eigenvalue weighted by Crippen LogP contribution is 2.32. The maximum atomic E-state index is 11.9. The van der Waals surface area contributed by atoms with Crippen LogP contribution in [0.3, 0.4) is 0 Å². The largest absolute Gasteiger partial charge is 0.423 e. The summed E-state index contributed by atoms with van der Waals surface area (Å²) >= 11 is 3.09. The Bertz CT molecular complexity index is 983. The van der Waals surface area contributed by atoms with Crippen LogP contribution in [-0.4, -0.2) is 30.5 Å². The molecule has 1 aliphatic carbocycles. The van der Waals surface area contributed by atoms with E-state index < -0.39 is 0 Å². The van der Waals surface area contributed by atoms with E-state index in [4.69, 9.17) is 9.15 Å². The van der Waals surface area contributed by atoms with Crippen LogP contribution < -0.4 is 10.9 Å². The number of rotatable bonds is 7. The molecule has 4 rings (SSSR count). The number of thioether (sulfide) groups is 1. The summed E-state index contributed by atoms with van der Waals surface area (Å²) in [7, 11) is 1.67. The Balaban J connectivity index is 1.53. The van der Waals surface area contributed by atoms with E-state index >= 15 is 0 Å². The second kappa shape index (κ2) is 7.77. The summed E-state index contributed by atoms with van der Waals surface area (Å²) in [6.07, 6.45) is 3.34. The van der Waals surface area contributed by atoms with Gasteiger partial charge in [-0.2, -0.15) is 0 Å². The van der Waals surface area contributed by atoms with Gasteiger partial charge in [-0.25, -0.2) is 4.79 Å². The number of aromatic nitrogens is 2. The normalized spacial score (nSPS) is 13.3. The van der Waals surface area contributed by atoms with E-state index in [0.29, 0.717) is 24.5 Å². The van der Waals surface area contributed by atoms with Gasteiger partial charge < -0.3 is 14.5 Å². The number of hydrogen-bond donors (Lipinski definition) is 1. The molecular weight excluding hydrogens is 370 g/mol. The molecule has 0 spiro atoms. The molecule has 0 saturated carbocycles. The van der Waals surface area contributed by atoms with Gasteiger partial charge in [0.15, 0.2) is 4.34 Å². The molecule has 0 aliphatic heterocycles. The number of anilines is 1. The number of nitrogens with one attached hydrogen (secondary N) is 1. The fourth-order valence-electron chi connectivity index (χ4n) is 3.15. The zero-order valence-corrected chi connectivity index (χ0v) is 16.0. The maximum absolute atomic E-state index is 11.9. The quantitative estimate of drug-likeness (QED) is 0.376. The number of fused-ring (bicyclic) bond motifs is 2. The number of ether oxygens (including phenoxy) is 1. The third kappa shape index (κ3) is 3.77. The zero-order valence-electron chi connectivity index (χ0n) is 14.4. The lowest BCUT2D eigenvalue weighted by atomic mass is 10.0. The summed E-state index contributed by atoms with van der Waals surface area (Å²) < 4.78 is 11.3. The first-order chi connectivity index (χ1) is 12.7. The Morgan fingerprint density at radius 1 is 1.27 bits per heavy atom. The summed E-state index contributed by atoms with van der Waals surface area (Å²) in [5.74, 6) is 0.660. The molecule has 2 heterocycles. The van der Waals surface area contributed by atoms with Crippen molar-refractivity contribution in [1.82, 2.24) is 10.2 Å². The van der Waals surface area contributed by atoms with E-state index in [1.807, 2.05) is 6.07 Å². The van der Waals surface area contributed by atoms with Crippen molar-refractivity contribution in [3.63, 3.8) is 0 Å². The summed E-state index contributed by atoms with van der Waals surface area (Å²) in [4.78, 5) is 11.9. The lowest BCUT2D eigenvalue weighted by molar-refractivity contribution is 0.211. The molecule has 1 aromatic carbocycles. The molecule has 3 aromatic rings. The highest BCUT2D eigenvalue weighted by molar-refractivity contribution is 8.00. The summed E-state index contributed by atoms with van der Waals surface area (Å²) in [5.41, 5.74) is 4.05. The first-order valence-corrected chi connectivity index (χ1v) is 10.3. The van der Waals surface area contributed by atoms with Crippen molar-refractivity contribution in [3.8, 4) is 0 Å². The Morgan fingerprint density at radius 3 is 2.96 bits per heavy atom. The average molecular weight is 390 g/mol. The van der Waals surface area contributed by atoms with E-state index in [0.717, 1.165) is 33.3 Å². The van der Waals surface area contributed by atoms with Gasteiger partial charge in [-0.15, -0.1) is 10.2 Å². The number of hydrogen-bond acceptors (Lipinski definition) is 8. The van der Waals surface area contributed by atoms with E-state index in [-0.39, 0.29) is 5.63 Å². The third-order valence-corrected chi connectivity index (χ3v) is 6.45. The second-order valence-corrected chi connectivity index (χ2v) is 8.34. The Hall–Kier alpha value is -1.90. The van der Waals surface area contributed by atoms with Gasteiger partial charge in [-0.05, 0) is 48.1 Å². The third-order valence-electron chi connectivity index (χ3n) is 4.38. The predicted molar refractivity (Wildman–Crippen MR) is 104 cm³/mol. The highest BCUT2D eigenvalue weighted by atomic mass is 32.2. The van der Waals surface area contributed by atoms with Crippen molar-refractivity contribution in [3.05, 3.63) is 45.3 Å². The van der Waals surface area contributed by atoms with E-state index in [2.05, 4.69) is 21.6 Å². The van der Waals surface area contributed by atoms with Crippen LogP contribution in [0.4, 0.5) is 5.13 Å². The van der Waals surface area contributed by atoms with E-state index in [1.165, 1.54) is 28.9 Å². The van der Waals surface area contributed by atoms with Gasteiger partial charge in [0.25, 0.3) is 0 Å². The molecule has 0 saturated heterocycles. The number of aryl methyl sites for hydroxylation is 2. The molecule has 26 heavy (non-hydrogen) atoms. The lowest BCUT2D eigenvalue weighted by Crippen LogP contribution is -2.06. The summed E-state index contributed by atoms with van der Waals surface area (Å²) in [6.45, 7) is 1.32. The molecule has 0 fully saturated rings. The first-order valence-electron chi connectivity index (χ1n) is 8.50. The lowest BCUT2D eigenvalue weighted by Gasteiger charge is -2.07. The first kappa shape index (κ1) is 17.5. The molecule has 1 N–H and O–H groups in total. The Labute approximate surface area is 159 Å². The van der Waals surface area contributed by atoms with Crippen LogP contribution >= 0.6 is 23.1 Å². The topological polar surface area (TPSA) is 77.2 Å². The van der Waals surface area contributed by atoms with Gasteiger partial charge >= 0.3 is 5.63 Å². The number of benzene rings is 1. The fourth-order valence-corrected chi connectivity index (χ4v) is 4.92. The van der Waals surface area contributed by atoms with Gasteiger partial charge in [0.1, 0.15) is 5.58 Å². The molecule has 6 nitrogen and oxygen atoms in total. The number of methoxy groups -OCH3 is 1. The van der Waals surface area contributed by atoms with Crippen LogP contribution in [0.1, 0.15) is 23.1 Å². The monoisotopic (exact) mass is 389 g/mol. The fraction of sp³-hybridized carbons (Fsp3) is 0.389.